The third-order valence-electron chi connectivity index (χ3n) is 2.81. The molecule has 1 aliphatic carbocycles. The summed E-state index contributed by atoms with van der Waals surface area (Å²) in [5.74, 6) is 1.01. The van der Waals surface area contributed by atoms with Gasteiger partial charge in [0.2, 0.25) is 0 Å². The van der Waals surface area contributed by atoms with Gasteiger partial charge in [-0.25, -0.2) is 4.98 Å². The molecule has 1 saturated carbocycles. The van der Waals surface area contributed by atoms with Crippen LogP contribution in [0.5, 0.6) is 0 Å². The van der Waals surface area contributed by atoms with E-state index in [2.05, 4.69) is 10.1 Å². The molecule has 1 fully saturated rings. The van der Waals surface area contributed by atoms with Crippen molar-refractivity contribution in [2.24, 2.45) is 5.92 Å². The Balaban J connectivity index is 1.93. The fourth-order valence-electron chi connectivity index (χ4n) is 2.07. The Hall–Kier alpha value is -1.37. The van der Waals surface area contributed by atoms with Crippen LogP contribution in [0.4, 0.5) is 0 Å². The molecule has 0 N–H and O–H groups in total. The van der Waals surface area contributed by atoms with Crippen molar-refractivity contribution in [1.29, 1.82) is 5.26 Å². The average molecular weight is 190 g/mol. The summed E-state index contributed by atoms with van der Waals surface area (Å²) in [5.41, 5.74) is 0. The molecule has 0 amide bonds. The first-order valence-electron chi connectivity index (χ1n) is 5.18. The maximum atomic E-state index is 8.57. The highest BCUT2D eigenvalue weighted by atomic mass is 15.3. The molecule has 1 heterocycles. The van der Waals surface area contributed by atoms with Gasteiger partial charge in [0.15, 0.2) is 0 Å². The maximum absolute atomic E-state index is 8.57. The Morgan fingerprint density at radius 2 is 2.21 bits per heavy atom. The van der Waals surface area contributed by atoms with E-state index in [1.807, 2.05) is 6.07 Å². The highest BCUT2D eigenvalue weighted by molar-refractivity contribution is 5.05. The first-order chi connectivity index (χ1) is 6.88. The number of hydrogen-bond donors (Lipinski definition) is 0. The van der Waals surface area contributed by atoms with Gasteiger partial charge in [-0.05, 0) is 18.8 Å². The number of nitrogens with zero attached hydrogens (tertiary/aromatic N) is 4. The fourth-order valence-corrected chi connectivity index (χ4v) is 2.07. The van der Waals surface area contributed by atoms with Crippen LogP contribution in [0.25, 0.3) is 0 Å². The van der Waals surface area contributed by atoms with Crippen LogP contribution in [0.2, 0.25) is 0 Å². The smallest absolute Gasteiger partial charge is 0.251 e. The van der Waals surface area contributed by atoms with Crippen LogP contribution < -0.4 is 0 Å². The van der Waals surface area contributed by atoms with E-state index in [0.29, 0.717) is 0 Å². The molecule has 0 atom stereocenters. The molecular weight excluding hydrogens is 176 g/mol. The predicted octanol–water partition coefficient (Wildman–Crippen LogP) is 1.73. The third kappa shape index (κ3) is 2.11. The minimum Gasteiger partial charge on any atom is -0.251 e. The Kier molecular flexibility index (Phi) is 2.78. The molecule has 14 heavy (non-hydrogen) atoms. The quantitative estimate of drug-likeness (QED) is 0.713. The molecule has 0 aliphatic heterocycles. The molecule has 0 spiro atoms. The van der Waals surface area contributed by atoms with Crippen molar-refractivity contribution in [2.45, 2.75) is 38.6 Å². The normalized spacial score (nSPS) is 17.9. The number of nitriles is 1. The van der Waals surface area contributed by atoms with Crippen molar-refractivity contribution in [2.75, 3.05) is 0 Å². The average Bonchev–Trinajstić information content (AvgIpc) is 2.67. The number of hydrogen-bond acceptors (Lipinski definition) is 3. The van der Waals surface area contributed by atoms with E-state index < -0.39 is 0 Å². The van der Waals surface area contributed by atoms with Crippen LogP contribution in [0, 0.1) is 17.2 Å². The first kappa shape index (κ1) is 9.20. The first-order valence-corrected chi connectivity index (χ1v) is 5.18. The Morgan fingerprint density at radius 3 is 2.86 bits per heavy atom. The van der Waals surface area contributed by atoms with Gasteiger partial charge < -0.3 is 0 Å². The fraction of sp³-hybridized carbons (Fsp3) is 0.700. The monoisotopic (exact) mass is 190 g/mol. The van der Waals surface area contributed by atoms with Gasteiger partial charge in [0.1, 0.15) is 12.4 Å². The summed E-state index contributed by atoms with van der Waals surface area (Å²) in [6.07, 6.45) is 8.29. The molecule has 4 nitrogen and oxygen atoms in total. The van der Waals surface area contributed by atoms with E-state index in [0.717, 1.165) is 12.5 Å². The van der Waals surface area contributed by atoms with Crippen LogP contribution in [0.1, 0.15) is 37.9 Å². The Bertz CT molecular complexity index is 330. The molecule has 2 rings (SSSR count). The maximum Gasteiger partial charge on any atom is 0.252 e. The number of rotatable bonds is 2. The Morgan fingerprint density at radius 1 is 1.43 bits per heavy atom. The van der Waals surface area contributed by atoms with Gasteiger partial charge in [0.25, 0.3) is 5.82 Å². The lowest BCUT2D eigenvalue weighted by Crippen LogP contribution is -2.14. The molecule has 0 saturated heterocycles. The minimum absolute atomic E-state index is 0.279. The van der Waals surface area contributed by atoms with E-state index in [-0.39, 0.29) is 5.82 Å². The van der Waals surface area contributed by atoms with Crippen molar-refractivity contribution in [3.63, 3.8) is 0 Å². The molecule has 1 aromatic rings. The van der Waals surface area contributed by atoms with Crippen molar-refractivity contribution >= 4 is 0 Å². The molecular formula is C10H14N4. The highest BCUT2D eigenvalue weighted by Crippen LogP contribution is 2.24. The van der Waals surface area contributed by atoms with Crippen molar-refractivity contribution in [3.8, 4) is 6.07 Å². The van der Waals surface area contributed by atoms with E-state index in [1.165, 1.54) is 32.1 Å². The van der Waals surface area contributed by atoms with Crippen LogP contribution in [-0.2, 0) is 6.54 Å². The van der Waals surface area contributed by atoms with Crippen molar-refractivity contribution in [3.05, 3.63) is 12.2 Å². The zero-order valence-electron chi connectivity index (χ0n) is 8.19. The second-order valence-electron chi connectivity index (χ2n) is 3.91. The standard InChI is InChI=1S/C10H14N4/c11-6-10-12-8-14(13-10)7-9-4-2-1-3-5-9/h8-9H,1-5,7H2. The highest BCUT2D eigenvalue weighted by Gasteiger charge is 2.14. The molecule has 1 aromatic heterocycles. The molecule has 1 aliphatic rings. The van der Waals surface area contributed by atoms with Gasteiger partial charge in [-0.3, -0.25) is 4.68 Å². The lowest BCUT2D eigenvalue weighted by atomic mass is 9.89. The van der Waals surface area contributed by atoms with Crippen molar-refractivity contribution in [1.82, 2.24) is 14.8 Å². The second-order valence-corrected chi connectivity index (χ2v) is 3.91. The molecule has 0 unspecified atom stereocenters. The van der Waals surface area contributed by atoms with Gasteiger partial charge in [0.05, 0.1) is 0 Å². The van der Waals surface area contributed by atoms with E-state index in [4.69, 9.17) is 5.26 Å². The topological polar surface area (TPSA) is 54.5 Å². The van der Waals surface area contributed by atoms with Gasteiger partial charge in [-0.1, -0.05) is 19.3 Å². The zero-order chi connectivity index (χ0) is 9.80. The molecule has 4 heteroatoms. The molecule has 0 aromatic carbocycles. The molecule has 74 valence electrons. The van der Waals surface area contributed by atoms with Gasteiger partial charge in [-0.15, -0.1) is 5.10 Å². The minimum atomic E-state index is 0.279. The van der Waals surface area contributed by atoms with E-state index in [9.17, 15) is 0 Å². The van der Waals surface area contributed by atoms with Crippen LogP contribution in [0.15, 0.2) is 6.33 Å². The van der Waals surface area contributed by atoms with Crippen LogP contribution >= 0.6 is 0 Å². The SMILES string of the molecule is N#Cc1ncn(CC2CCCCC2)n1. The zero-order valence-corrected chi connectivity index (χ0v) is 8.19. The predicted molar refractivity (Wildman–Crippen MR) is 51.3 cm³/mol. The van der Waals surface area contributed by atoms with E-state index in [1.54, 1.807) is 11.0 Å². The summed E-state index contributed by atoms with van der Waals surface area (Å²) in [4.78, 5) is 3.89. The summed E-state index contributed by atoms with van der Waals surface area (Å²) in [6, 6.07) is 1.94. The summed E-state index contributed by atoms with van der Waals surface area (Å²) in [6.45, 7) is 0.925. The van der Waals surface area contributed by atoms with Gasteiger partial charge in [0, 0.05) is 6.54 Å². The summed E-state index contributed by atoms with van der Waals surface area (Å²) < 4.78 is 1.80. The van der Waals surface area contributed by atoms with Crippen molar-refractivity contribution < 1.29 is 0 Å². The van der Waals surface area contributed by atoms with Gasteiger partial charge in [-0.2, -0.15) is 5.26 Å². The van der Waals surface area contributed by atoms with Crippen LogP contribution in [-0.4, -0.2) is 14.8 Å². The lowest BCUT2D eigenvalue weighted by molar-refractivity contribution is 0.307. The second kappa shape index (κ2) is 4.23. The summed E-state index contributed by atoms with van der Waals surface area (Å²) in [7, 11) is 0. The van der Waals surface area contributed by atoms with Crippen LogP contribution in [0.3, 0.4) is 0 Å². The molecule has 0 bridgehead atoms. The number of aromatic nitrogens is 3. The summed E-state index contributed by atoms with van der Waals surface area (Å²) >= 11 is 0. The third-order valence-corrected chi connectivity index (χ3v) is 2.81. The Labute approximate surface area is 83.6 Å². The summed E-state index contributed by atoms with van der Waals surface area (Å²) in [5, 5.41) is 12.6. The van der Waals surface area contributed by atoms with Gasteiger partial charge >= 0.3 is 0 Å². The van der Waals surface area contributed by atoms with E-state index >= 15 is 0 Å². The molecule has 0 radical (unpaired) electrons. The lowest BCUT2D eigenvalue weighted by Gasteiger charge is -2.20. The largest absolute Gasteiger partial charge is 0.252 e.